The highest BCUT2D eigenvalue weighted by Gasteiger charge is 2.25. The monoisotopic (exact) mass is 268 g/mol. The molecule has 18 heavy (non-hydrogen) atoms. The van der Waals surface area contributed by atoms with Gasteiger partial charge in [0.2, 0.25) is 0 Å². The SMILES string of the molecule is Nc1cccc(C(=O)NC2CCCCC2O)c1Cl. The molecule has 1 aromatic rings. The number of hydrogen-bond donors (Lipinski definition) is 3. The second-order valence-electron chi connectivity index (χ2n) is 4.64. The Kier molecular flexibility index (Phi) is 4.09. The van der Waals surface area contributed by atoms with E-state index in [1.165, 1.54) is 0 Å². The van der Waals surface area contributed by atoms with E-state index in [2.05, 4.69) is 5.32 Å². The minimum atomic E-state index is -0.470. The number of halogens is 1. The van der Waals surface area contributed by atoms with E-state index in [4.69, 9.17) is 17.3 Å². The number of carbonyl (C=O) groups is 1. The van der Waals surface area contributed by atoms with Crippen molar-refractivity contribution in [3.05, 3.63) is 28.8 Å². The van der Waals surface area contributed by atoms with Gasteiger partial charge >= 0.3 is 0 Å². The second-order valence-corrected chi connectivity index (χ2v) is 5.02. The molecule has 4 N–H and O–H groups in total. The Morgan fingerprint density at radius 2 is 2.11 bits per heavy atom. The molecule has 1 aliphatic carbocycles. The fraction of sp³-hybridized carbons (Fsp3) is 0.462. The van der Waals surface area contributed by atoms with Gasteiger partial charge in [-0.1, -0.05) is 30.5 Å². The quantitative estimate of drug-likeness (QED) is 0.718. The van der Waals surface area contributed by atoms with Gasteiger partial charge in [-0.15, -0.1) is 0 Å². The zero-order valence-corrected chi connectivity index (χ0v) is 10.8. The van der Waals surface area contributed by atoms with Crippen LogP contribution in [0.25, 0.3) is 0 Å². The van der Waals surface area contributed by atoms with Crippen molar-refractivity contribution >= 4 is 23.2 Å². The van der Waals surface area contributed by atoms with Gasteiger partial charge in [-0.2, -0.15) is 0 Å². The number of amides is 1. The van der Waals surface area contributed by atoms with Crippen LogP contribution in [0, 0.1) is 0 Å². The number of rotatable bonds is 2. The zero-order valence-electron chi connectivity index (χ0n) is 10.0. The molecular weight excluding hydrogens is 252 g/mol. The Labute approximate surface area is 111 Å². The minimum Gasteiger partial charge on any atom is -0.398 e. The van der Waals surface area contributed by atoms with Crippen LogP contribution in [0.4, 0.5) is 5.69 Å². The maximum absolute atomic E-state index is 12.1. The first-order chi connectivity index (χ1) is 8.59. The smallest absolute Gasteiger partial charge is 0.253 e. The fourth-order valence-corrected chi connectivity index (χ4v) is 2.46. The molecule has 0 aromatic heterocycles. The molecule has 98 valence electrons. The lowest BCUT2D eigenvalue weighted by Gasteiger charge is -2.28. The van der Waals surface area contributed by atoms with Crippen molar-refractivity contribution in [1.82, 2.24) is 5.32 Å². The van der Waals surface area contributed by atoms with Crippen molar-refractivity contribution in [3.8, 4) is 0 Å². The average Bonchev–Trinajstić information content (AvgIpc) is 2.35. The summed E-state index contributed by atoms with van der Waals surface area (Å²) in [6.07, 6.45) is 3.09. The fourth-order valence-electron chi connectivity index (χ4n) is 2.25. The van der Waals surface area contributed by atoms with Gasteiger partial charge in [0.1, 0.15) is 0 Å². The maximum atomic E-state index is 12.1. The Balaban J connectivity index is 2.09. The largest absolute Gasteiger partial charge is 0.398 e. The van der Waals surface area contributed by atoms with Crippen LogP contribution >= 0.6 is 11.6 Å². The molecule has 4 nitrogen and oxygen atoms in total. The summed E-state index contributed by atoms with van der Waals surface area (Å²) in [4.78, 5) is 12.1. The molecule has 1 aromatic carbocycles. The number of benzene rings is 1. The Hall–Kier alpha value is -1.26. The molecule has 2 rings (SSSR count). The molecule has 2 atom stereocenters. The van der Waals surface area contributed by atoms with Crippen LogP contribution < -0.4 is 11.1 Å². The summed E-state index contributed by atoms with van der Waals surface area (Å²) in [5, 5.41) is 12.9. The highest BCUT2D eigenvalue weighted by atomic mass is 35.5. The average molecular weight is 269 g/mol. The maximum Gasteiger partial charge on any atom is 0.253 e. The molecule has 1 saturated carbocycles. The summed E-state index contributed by atoms with van der Waals surface area (Å²) < 4.78 is 0. The van der Waals surface area contributed by atoms with Crippen LogP contribution in [0.5, 0.6) is 0 Å². The Morgan fingerprint density at radius 1 is 1.39 bits per heavy atom. The number of nitrogens with one attached hydrogen (secondary N) is 1. The number of aliphatic hydroxyl groups excluding tert-OH is 1. The van der Waals surface area contributed by atoms with Gasteiger partial charge in [0.15, 0.2) is 0 Å². The third-order valence-electron chi connectivity index (χ3n) is 3.32. The van der Waals surface area contributed by atoms with E-state index < -0.39 is 6.10 Å². The molecule has 1 aliphatic rings. The molecule has 0 saturated heterocycles. The van der Waals surface area contributed by atoms with Gasteiger partial charge in [0.25, 0.3) is 5.91 Å². The van der Waals surface area contributed by atoms with Crippen LogP contribution in [0.1, 0.15) is 36.0 Å². The van der Waals surface area contributed by atoms with Gasteiger partial charge in [-0.05, 0) is 25.0 Å². The number of nitrogen functional groups attached to an aromatic ring is 1. The van der Waals surface area contributed by atoms with Gasteiger partial charge < -0.3 is 16.2 Å². The van der Waals surface area contributed by atoms with Gasteiger partial charge in [-0.25, -0.2) is 0 Å². The first-order valence-corrected chi connectivity index (χ1v) is 6.50. The molecule has 0 spiro atoms. The Morgan fingerprint density at radius 3 is 2.83 bits per heavy atom. The predicted octanol–water partition coefficient (Wildman–Crippen LogP) is 1.96. The van der Waals surface area contributed by atoms with Gasteiger partial charge in [0, 0.05) is 0 Å². The molecular formula is C13H17ClN2O2. The van der Waals surface area contributed by atoms with Crippen LogP contribution in [-0.2, 0) is 0 Å². The second kappa shape index (κ2) is 5.59. The highest BCUT2D eigenvalue weighted by molar-refractivity contribution is 6.36. The van der Waals surface area contributed by atoms with E-state index in [9.17, 15) is 9.90 Å². The van der Waals surface area contributed by atoms with Crippen LogP contribution in [0.2, 0.25) is 5.02 Å². The third-order valence-corrected chi connectivity index (χ3v) is 3.74. The molecule has 0 bridgehead atoms. The first kappa shape index (κ1) is 13.2. The summed E-state index contributed by atoms with van der Waals surface area (Å²) in [6.45, 7) is 0. The summed E-state index contributed by atoms with van der Waals surface area (Å²) >= 11 is 5.99. The van der Waals surface area contributed by atoms with E-state index in [1.54, 1.807) is 18.2 Å². The molecule has 1 fully saturated rings. The number of carbonyl (C=O) groups excluding carboxylic acids is 1. The van der Waals surface area contributed by atoms with Gasteiger partial charge in [-0.3, -0.25) is 4.79 Å². The Bertz CT molecular complexity index is 451. The lowest BCUT2D eigenvalue weighted by Crippen LogP contribution is -2.45. The van der Waals surface area contributed by atoms with Crippen molar-refractivity contribution < 1.29 is 9.90 Å². The van der Waals surface area contributed by atoms with E-state index >= 15 is 0 Å². The number of nitrogens with two attached hydrogens (primary N) is 1. The molecule has 0 radical (unpaired) electrons. The zero-order chi connectivity index (χ0) is 13.1. The summed E-state index contributed by atoms with van der Waals surface area (Å²) in [5.74, 6) is -0.279. The van der Waals surface area contributed by atoms with Crippen molar-refractivity contribution in [1.29, 1.82) is 0 Å². The summed E-state index contributed by atoms with van der Waals surface area (Å²) in [6, 6.07) is 4.77. The van der Waals surface area contributed by atoms with Crippen molar-refractivity contribution in [2.24, 2.45) is 0 Å². The lowest BCUT2D eigenvalue weighted by atomic mass is 9.92. The standard InChI is InChI=1S/C13H17ClN2O2/c14-12-8(4-3-5-9(12)15)13(18)16-10-6-1-2-7-11(10)17/h3-5,10-11,17H,1-2,6-7,15H2,(H,16,18). The highest BCUT2D eigenvalue weighted by Crippen LogP contribution is 2.24. The van der Waals surface area contributed by atoms with E-state index in [-0.39, 0.29) is 17.0 Å². The molecule has 5 heteroatoms. The normalized spacial score (nSPS) is 23.7. The molecule has 2 unspecified atom stereocenters. The van der Waals surface area contributed by atoms with Crippen LogP contribution in [0.15, 0.2) is 18.2 Å². The minimum absolute atomic E-state index is 0.191. The van der Waals surface area contributed by atoms with Crippen LogP contribution in [-0.4, -0.2) is 23.2 Å². The van der Waals surface area contributed by atoms with Crippen LogP contribution in [0.3, 0.4) is 0 Å². The van der Waals surface area contributed by atoms with E-state index in [0.717, 1.165) is 25.7 Å². The predicted molar refractivity (Wildman–Crippen MR) is 71.6 cm³/mol. The summed E-state index contributed by atoms with van der Waals surface area (Å²) in [5.41, 5.74) is 6.40. The number of hydrogen-bond acceptors (Lipinski definition) is 3. The third kappa shape index (κ3) is 2.76. The van der Waals surface area contributed by atoms with E-state index in [0.29, 0.717) is 11.3 Å². The molecule has 0 aliphatic heterocycles. The number of aliphatic hydroxyl groups is 1. The topological polar surface area (TPSA) is 75.4 Å². The van der Waals surface area contributed by atoms with Crippen molar-refractivity contribution in [2.45, 2.75) is 37.8 Å². The first-order valence-electron chi connectivity index (χ1n) is 6.12. The molecule has 1 amide bonds. The number of anilines is 1. The lowest BCUT2D eigenvalue weighted by molar-refractivity contribution is 0.0717. The van der Waals surface area contributed by atoms with Crippen molar-refractivity contribution in [2.75, 3.05) is 5.73 Å². The van der Waals surface area contributed by atoms with Gasteiger partial charge in [0.05, 0.1) is 28.4 Å². The summed E-state index contributed by atoms with van der Waals surface area (Å²) in [7, 11) is 0. The molecule has 0 heterocycles. The van der Waals surface area contributed by atoms with Crippen molar-refractivity contribution in [3.63, 3.8) is 0 Å². The van der Waals surface area contributed by atoms with E-state index in [1.807, 2.05) is 0 Å².